The Morgan fingerprint density at radius 2 is 0.841 bits per heavy atom. The lowest BCUT2D eigenvalue weighted by atomic mass is 9.84. The highest BCUT2D eigenvalue weighted by Crippen LogP contribution is 2.38. The number of aliphatic imine (C=N–C) groups is 2. The molecule has 4 aromatic rings. The summed E-state index contributed by atoms with van der Waals surface area (Å²) in [4.78, 5) is 10.6. The molecular weight excluding hydrogens is 581 g/mol. The van der Waals surface area contributed by atoms with Crippen molar-refractivity contribution in [1.82, 2.24) is 10.0 Å². The number of rotatable bonds is 6. The van der Waals surface area contributed by atoms with E-state index in [0.29, 0.717) is 0 Å². The van der Waals surface area contributed by atoms with E-state index >= 15 is 0 Å². The molecule has 0 aliphatic carbocycles. The first-order valence-corrected chi connectivity index (χ1v) is 17.0. The van der Waals surface area contributed by atoms with Crippen LogP contribution < -0.4 is 0 Å². The van der Waals surface area contributed by atoms with Gasteiger partial charge in [0, 0.05) is 11.5 Å². The van der Waals surface area contributed by atoms with Crippen LogP contribution in [0.1, 0.15) is 36.1 Å². The first-order valence-electron chi connectivity index (χ1n) is 15.0. The van der Waals surface area contributed by atoms with Crippen LogP contribution in [0.4, 0.5) is 0 Å². The summed E-state index contributed by atoms with van der Waals surface area (Å²) in [5, 5.41) is 16.6. The Bertz CT molecular complexity index is 1580. The Kier molecular flexibility index (Phi) is 8.35. The maximum atomic E-state index is 5.28. The molecule has 44 heavy (non-hydrogen) atoms. The van der Waals surface area contributed by atoms with Crippen LogP contribution >= 0.6 is 23.5 Å². The van der Waals surface area contributed by atoms with Gasteiger partial charge >= 0.3 is 0 Å². The normalized spacial score (nSPS) is 22.7. The van der Waals surface area contributed by atoms with Gasteiger partial charge in [-0.1, -0.05) is 145 Å². The van der Waals surface area contributed by atoms with Crippen molar-refractivity contribution in [3.63, 3.8) is 0 Å². The molecule has 3 heterocycles. The van der Waals surface area contributed by atoms with Gasteiger partial charge in [-0.15, -0.1) is 10.2 Å². The fourth-order valence-corrected chi connectivity index (χ4v) is 7.54. The average Bonchev–Trinajstić information content (AvgIpc) is 3.09. The molecule has 0 aromatic heterocycles. The fraction of sp³-hybridized carbons (Fsp3) is 0.222. The number of nitrogens with zero attached hydrogens (tertiary/aromatic N) is 6. The SMILES string of the molecule is CC1C(C)N2N=C(SCc3ccccc3)N=C(c3ccccc3)C2C2C(c3ccccc3)=NC(SCc3ccccc3)=NN12. The van der Waals surface area contributed by atoms with Crippen molar-refractivity contribution >= 4 is 45.3 Å². The topological polar surface area (TPSA) is 55.9 Å². The minimum atomic E-state index is -0.159. The van der Waals surface area contributed by atoms with Gasteiger partial charge in [-0.3, -0.25) is 10.0 Å². The van der Waals surface area contributed by atoms with Gasteiger partial charge in [0.1, 0.15) is 12.1 Å². The lowest BCUT2D eigenvalue weighted by molar-refractivity contribution is -0.00452. The number of hydrogen-bond donors (Lipinski definition) is 0. The molecule has 220 valence electrons. The van der Waals surface area contributed by atoms with Gasteiger partial charge in [-0.05, 0) is 36.1 Å². The van der Waals surface area contributed by atoms with Crippen molar-refractivity contribution < 1.29 is 0 Å². The van der Waals surface area contributed by atoms with E-state index in [2.05, 4.69) is 145 Å². The van der Waals surface area contributed by atoms with E-state index in [0.717, 1.165) is 44.4 Å². The summed E-state index contributed by atoms with van der Waals surface area (Å²) >= 11 is 3.37. The lowest BCUT2D eigenvalue weighted by Crippen LogP contribution is -2.70. The third-order valence-electron chi connectivity index (χ3n) is 8.36. The van der Waals surface area contributed by atoms with Crippen LogP contribution in [0.25, 0.3) is 0 Å². The molecule has 8 heteroatoms. The van der Waals surface area contributed by atoms with Crippen LogP contribution in [0.3, 0.4) is 0 Å². The number of hydrogen-bond acceptors (Lipinski definition) is 8. The highest BCUT2D eigenvalue weighted by atomic mass is 32.2. The van der Waals surface area contributed by atoms with Crippen LogP contribution in [0.15, 0.2) is 142 Å². The lowest BCUT2D eigenvalue weighted by Gasteiger charge is -2.54. The monoisotopic (exact) mass is 614 g/mol. The third-order valence-corrected chi connectivity index (χ3v) is 10.2. The molecule has 0 radical (unpaired) electrons. The second-order valence-electron chi connectivity index (χ2n) is 11.2. The van der Waals surface area contributed by atoms with Gasteiger partial charge in [0.2, 0.25) is 10.3 Å². The molecule has 4 atom stereocenters. The fourth-order valence-electron chi connectivity index (χ4n) is 5.93. The highest BCUT2D eigenvalue weighted by Gasteiger charge is 2.51. The van der Waals surface area contributed by atoms with Gasteiger partial charge < -0.3 is 0 Å². The highest BCUT2D eigenvalue weighted by molar-refractivity contribution is 8.13. The Labute approximate surface area is 267 Å². The standard InChI is InChI=1S/C36H34N6S2/c1-25-26(2)42-34(32(30-21-13-6-14-22-30)38-36(40-42)44-24-28-17-9-4-10-18-28)33-31(29-19-11-5-12-20-29)37-35(39-41(25)33)43-23-27-15-7-3-8-16-27/h3-22,25-26,33-34H,23-24H2,1-2H3. The second-order valence-corrected chi connectivity index (χ2v) is 13.1. The molecule has 0 bridgehead atoms. The van der Waals surface area contributed by atoms with E-state index < -0.39 is 0 Å². The van der Waals surface area contributed by atoms with Gasteiger partial charge in [0.25, 0.3) is 0 Å². The van der Waals surface area contributed by atoms with Gasteiger partial charge in [0.05, 0.1) is 23.5 Å². The molecule has 0 amide bonds. The maximum Gasteiger partial charge on any atom is 0.207 e. The number of fused-ring (bicyclic) bond motifs is 3. The third kappa shape index (κ3) is 5.84. The minimum absolute atomic E-state index is 0.0945. The molecule has 3 aliphatic rings. The van der Waals surface area contributed by atoms with Gasteiger partial charge in [-0.25, -0.2) is 9.98 Å². The van der Waals surface area contributed by atoms with Crippen molar-refractivity contribution in [2.24, 2.45) is 20.2 Å². The smallest absolute Gasteiger partial charge is 0.207 e. The number of thioether (sulfide) groups is 2. The Morgan fingerprint density at radius 1 is 0.500 bits per heavy atom. The summed E-state index contributed by atoms with van der Waals surface area (Å²) in [7, 11) is 0. The van der Waals surface area contributed by atoms with Crippen LogP contribution in [0.2, 0.25) is 0 Å². The molecule has 0 saturated carbocycles. The zero-order chi connectivity index (χ0) is 29.9. The number of benzene rings is 4. The molecule has 7 rings (SSSR count). The minimum Gasteiger partial charge on any atom is -0.278 e. The molecule has 1 fully saturated rings. The Balaban J connectivity index is 1.29. The van der Waals surface area contributed by atoms with Gasteiger partial charge in [-0.2, -0.15) is 0 Å². The van der Waals surface area contributed by atoms with Crippen LogP contribution in [-0.4, -0.2) is 55.9 Å². The van der Waals surface area contributed by atoms with E-state index in [1.165, 1.54) is 11.1 Å². The van der Waals surface area contributed by atoms with E-state index in [9.17, 15) is 0 Å². The first-order chi connectivity index (χ1) is 21.7. The Morgan fingerprint density at radius 3 is 1.20 bits per heavy atom. The van der Waals surface area contributed by atoms with E-state index in [1.807, 2.05) is 0 Å². The predicted molar refractivity (Wildman–Crippen MR) is 186 cm³/mol. The van der Waals surface area contributed by atoms with Crippen molar-refractivity contribution in [3.05, 3.63) is 144 Å². The second kappa shape index (κ2) is 12.8. The number of piperazine rings is 1. The van der Waals surface area contributed by atoms with Crippen molar-refractivity contribution in [1.29, 1.82) is 0 Å². The van der Waals surface area contributed by atoms with E-state index in [-0.39, 0.29) is 24.2 Å². The summed E-state index contributed by atoms with van der Waals surface area (Å²) < 4.78 is 0. The quantitative estimate of drug-likeness (QED) is 0.225. The summed E-state index contributed by atoms with van der Waals surface area (Å²) in [6, 6.07) is 42.0. The summed E-state index contributed by atoms with van der Waals surface area (Å²) in [6.45, 7) is 4.51. The molecule has 0 N–H and O–H groups in total. The summed E-state index contributed by atoms with van der Waals surface area (Å²) in [6.07, 6.45) is 0. The zero-order valence-corrected chi connectivity index (χ0v) is 26.4. The first kappa shape index (κ1) is 28.6. The molecule has 6 nitrogen and oxygen atoms in total. The molecule has 0 spiro atoms. The van der Waals surface area contributed by atoms with Crippen molar-refractivity contribution in [3.8, 4) is 0 Å². The molecule has 4 unspecified atom stereocenters. The summed E-state index contributed by atoms with van der Waals surface area (Å²) in [5.74, 6) is 1.62. The van der Waals surface area contributed by atoms with E-state index in [4.69, 9.17) is 20.2 Å². The van der Waals surface area contributed by atoms with Gasteiger partial charge in [0.15, 0.2) is 0 Å². The zero-order valence-electron chi connectivity index (χ0n) is 24.8. The largest absolute Gasteiger partial charge is 0.278 e. The summed E-state index contributed by atoms with van der Waals surface area (Å²) in [5.41, 5.74) is 6.71. The van der Waals surface area contributed by atoms with Crippen LogP contribution in [0.5, 0.6) is 0 Å². The molecular formula is C36H34N6S2. The number of hydrazone groups is 2. The van der Waals surface area contributed by atoms with Crippen LogP contribution in [-0.2, 0) is 11.5 Å². The molecule has 1 saturated heterocycles. The van der Waals surface area contributed by atoms with E-state index in [1.54, 1.807) is 23.5 Å². The average molecular weight is 615 g/mol. The number of amidine groups is 2. The van der Waals surface area contributed by atoms with Crippen molar-refractivity contribution in [2.45, 2.75) is 49.5 Å². The Hall–Kier alpha value is -4.14. The van der Waals surface area contributed by atoms with Crippen LogP contribution in [0, 0.1) is 0 Å². The predicted octanol–water partition coefficient (Wildman–Crippen LogP) is 7.53. The van der Waals surface area contributed by atoms with Crippen molar-refractivity contribution in [2.75, 3.05) is 0 Å². The molecule has 3 aliphatic heterocycles. The molecule has 4 aromatic carbocycles. The maximum absolute atomic E-state index is 5.28.